The topological polar surface area (TPSA) is 71.7 Å². The molecule has 0 atom stereocenters. The minimum atomic E-state index is -3.61. The molecule has 0 unspecified atom stereocenters. The van der Waals surface area contributed by atoms with Crippen molar-refractivity contribution in [2.24, 2.45) is 4.99 Å². The molecule has 0 fully saturated rings. The fourth-order valence-electron chi connectivity index (χ4n) is 3.99. The number of carbonyl (C=O) groups is 1. The van der Waals surface area contributed by atoms with Crippen LogP contribution in [0.1, 0.15) is 61.0 Å². The van der Waals surface area contributed by atoms with Gasteiger partial charge in [0.1, 0.15) is 0 Å². The number of carbonyl (C=O) groups excluding carboxylic acids is 1. The maximum absolute atomic E-state index is 13.2. The normalized spacial score (nSPS) is 12.5. The van der Waals surface area contributed by atoms with Crippen LogP contribution in [0.3, 0.4) is 0 Å². The number of benzene rings is 2. The molecule has 0 radical (unpaired) electrons. The van der Waals surface area contributed by atoms with Gasteiger partial charge in [-0.3, -0.25) is 4.79 Å². The van der Waals surface area contributed by atoms with Gasteiger partial charge < -0.3 is 4.57 Å². The minimum absolute atomic E-state index is 0.205. The van der Waals surface area contributed by atoms with Gasteiger partial charge in [-0.1, -0.05) is 50.2 Å². The molecule has 1 amide bonds. The predicted molar refractivity (Wildman–Crippen MR) is 144 cm³/mol. The number of amides is 1. The molecule has 0 saturated heterocycles. The number of aryl methyl sites for hydroxylation is 2. The van der Waals surface area contributed by atoms with Gasteiger partial charge >= 0.3 is 0 Å². The second-order valence-corrected chi connectivity index (χ2v) is 11.7. The SMILES string of the molecule is C=CCn1c(=NC(=O)c2ccc(S(=O)(=O)N(CCCC)CCCC)cc2)sc2c(C)cc(C)cc21. The van der Waals surface area contributed by atoms with Crippen LogP contribution >= 0.6 is 11.3 Å². The number of aromatic nitrogens is 1. The molecule has 1 aromatic heterocycles. The first-order valence-electron chi connectivity index (χ1n) is 12.1. The van der Waals surface area contributed by atoms with E-state index in [-0.39, 0.29) is 4.90 Å². The van der Waals surface area contributed by atoms with E-state index in [1.54, 1.807) is 22.5 Å². The van der Waals surface area contributed by atoms with Crippen LogP contribution in [0.15, 0.2) is 58.9 Å². The highest BCUT2D eigenvalue weighted by Gasteiger charge is 2.23. The first-order valence-corrected chi connectivity index (χ1v) is 14.4. The predicted octanol–water partition coefficient (Wildman–Crippen LogP) is 5.84. The fraction of sp³-hybridized carbons (Fsp3) is 0.407. The third kappa shape index (κ3) is 6.18. The monoisotopic (exact) mass is 513 g/mol. The van der Waals surface area contributed by atoms with E-state index in [1.807, 2.05) is 25.3 Å². The quantitative estimate of drug-likeness (QED) is 0.303. The van der Waals surface area contributed by atoms with Gasteiger partial charge in [-0.2, -0.15) is 9.30 Å². The number of rotatable bonds is 11. The number of nitrogens with zero attached hydrogens (tertiary/aromatic N) is 3. The molecule has 6 nitrogen and oxygen atoms in total. The second kappa shape index (κ2) is 11.9. The second-order valence-electron chi connectivity index (χ2n) is 8.77. The van der Waals surface area contributed by atoms with Crippen LogP contribution in [-0.4, -0.2) is 36.3 Å². The van der Waals surface area contributed by atoms with E-state index in [0.29, 0.717) is 30.0 Å². The van der Waals surface area contributed by atoms with Crippen molar-refractivity contribution in [2.45, 2.75) is 64.8 Å². The van der Waals surface area contributed by atoms with E-state index < -0.39 is 15.9 Å². The van der Waals surface area contributed by atoms with Crippen molar-refractivity contribution in [3.63, 3.8) is 0 Å². The van der Waals surface area contributed by atoms with E-state index in [9.17, 15) is 13.2 Å². The van der Waals surface area contributed by atoms with Crippen molar-refractivity contribution in [3.05, 3.63) is 70.5 Å². The maximum Gasteiger partial charge on any atom is 0.279 e. The lowest BCUT2D eigenvalue weighted by Gasteiger charge is -2.22. The van der Waals surface area contributed by atoms with Crippen molar-refractivity contribution >= 4 is 37.5 Å². The highest BCUT2D eigenvalue weighted by atomic mass is 32.2. The van der Waals surface area contributed by atoms with Crippen molar-refractivity contribution in [3.8, 4) is 0 Å². The third-order valence-corrected chi connectivity index (χ3v) is 9.03. The van der Waals surface area contributed by atoms with Crippen molar-refractivity contribution in [1.82, 2.24) is 8.87 Å². The molecule has 0 aliphatic rings. The summed E-state index contributed by atoms with van der Waals surface area (Å²) in [4.78, 5) is 18.2. The summed E-state index contributed by atoms with van der Waals surface area (Å²) in [5.41, 5.74) is 3.67. The Balaban J connectivity index is 1.94. The molecule has 0 N–H and O–H groups in total. The van der Waals surface area contributed by atoms with Crippen LogP contribution in [0.4, 0.5) is 0 Å². The molecule has 1 heterocycles. The van der Waals surface area contributed by atoms with Crippen LogP contribution in [0, 0.1) is 13.8 Å². The van der Waals surface area contributed by atoms with Gasteiger partial charge in [-0.25, -0.2) is 8.42 Å². The first kappa shape index (κ1) is 27.0. The molecule has 8 heteroatoms. The van der Waals surface area contributed by atoms with E-state index in [0.717, 1.165) is 47.0 Å². The van der Waals surface area contributed by atoms with Gasteiger partial charge in [0.25, 0.3) is 5.91 Å². The number of hydrogen-bond donors (Lipinski definition) is 0. The Morgan fingerprint density at radius 2 is 1.71 bits per heavy atom. The fourth-order valence-corrected chi connectivity index (χ4v) is 6.60. The smallest absolute Gasteiger partial charge is 0.279 e. The van der Waals surface area contributed by atoms with E-state index >= 15 is 0 Å². The molecule has 0 saturated carbocycles. The summed E-state index contributed by atoms with van der Waals surface area (Å²) in [6.45, 7) is 13.6. The summed E-state index contributed by atoms with van der Waals surface area (Å²) in [6, 6.07) is 10.3. The molecular formula is C27H35N3O3S2. The van der Waals surface area contributed by atoms with Crippen LogP contribution in [0.25, 0.3) is 10.2 Å². The average molecular weight is 514 g/mol. The Hall–Kier alpha value is -2.55. The third-order valence-electron chi connectivity index (χ3n) is 5.88. The molecule has 0 aliphatic heterocycles. The van der Waals surface area contributed by atoms with Crippen LogP contribution in [-0.2, 0) is 16.6 Å². The van der Waals surface area contributed by atoms with Gasteiger partial charge in [0.2, 0.25) is 10.0 Å². The number of fused-ring (bicyclic) bond motifs is 1. The van der Waals surface area contributed by atoms with Gasteiger partial charge in [0.05, 0.1) is 15.1 Å². The highest BCUT2D eigenvalue weighted by Crippen LogP contribution is 2.24. The maximum atomic E-state index is 13.2. The standard InChI is InChI=1S/C27H35N3O3S2/c1-6-9-16-29(17-10-7-2)35(32,33)23-13-11-22(12-14-23)26(31)28-27-30(15-8-3)24-19-20(4)18-21(5)25(24)34-27/h8,11-14,18-19H,3,6-7,9-10,15-17H2,1-2,4-5H3. The van der Waals surface area contributed by atoms with Gasteiger partial charge in [-0.05, 0) is 68.1 Å². The van der Waals surface area contributed by atoms with Crippen LogP contribution in [0.5, 0.6) is 0 Å². The molecule has 0 aliphatic carbocycles. The molecular weight excluding hydrogens is 478 g/mol. The summed E-state index contributed by atoms with van der Waals surface area (Å²) >= 11 is 1.47. The summed E-state index contributed by atoms with van der Waals surface area (Å²) in [5, 5.41) is 0. The zero-order chi connectivity index (χ0) is 25.6. The first-order chi connectivity index (χ1) is 16.7. The molecule has 3 aromatic rings. The van der Waals surface area contributed by atoms with Crippen molar-refractivity contribution < 1.29 is 13.2 Å². The lowest BCUT2D eigenvalue weighted by molar-refractivity contribution is 0.0997. The van der Waals surface area contributed by atoms with Crippen LogP contribution in [0.2, 0.25) is 0 Å². The van der Waals surface area contributed by atoms with E-state index in [2.05, 4.69) is 30.6 Å². The number of thiazole rings is 1. The Bertz CT molecular complexity index is 1360. The Labute approximate surface area is 212 Å². The van der Waals surface area contributed by atoms with Gasteiger partial charge in [0.15, 0.2) is 4.80 Å². The largest absolute Gasteiger partial charge is 0.312 e. The van der Waals surface area contributed by atoms with Gasteiger partial charge in [0, 0.05) is 25.2 Å². The Kier molecular flexibility index (Phi) is 9.21. The summed E-state index contributed by atoms with van der Waals surface area (Å²) in [6.07, 6.45) is 5.27. The number of hydrogen-bond acceptors (Lipinski definition) is 4. The number of sulfonamides is 1. The van der Waals surface area contributed by atoms with Crippen LogP contribution < -0.4 is 4.80 Å². The minimum Gasteiger partial charge on any atom is -0.312 e. The number of unbranched alkanes of at least 4 members (excludes halogenated alkanes) is 2. The van der Waals surface area contributed by atoms with Gasteiger partial charge in [-0.15, -0.1) is 6.58 Å². The molecule has 0 bridgehead atoms. The molecule has 0 spiro atoms. The van der Waals surface area contributed by atoms with E-state index in [4.69, 9.17) is 0 Å². The van der Waals surface area contributed by atoms with Crippen molar-refractivity contribution in [2.75, 3.05) is 13.1 Å². The zero-order valence-corrected chi connectivity index (χ0v) is 22.7. The molecule has 2 aromatic carbocycles. The molecule has 35 heavy (non-hydrogen) atoms. The molecule has 3 rings (SSSR count). The lowest BCUT2D eigenvalue weighted by Crippen LogP contribution is -2.33. The zero-order valence-electron chi connectivity index (χ0n) is 21.1. The summed E-state index contributed by atoms with van der Waals surface area (Å²) < 4.78 is 31.0. The highest BCUT2D eigenvalue weighted by molar-refractivity contribution is 7.89. The Morgan fingerprint density at radius 1 is 1.09 bits per heavy atom. The average Bonchev–Trinajstić information content (AvgIpc) is 3.16. The summed E-state index contributed by atoms with van der Waals surface area (Å²) in [5.74, 6) is -0.401. The summed E-state index contributed by atoms with van der Waals surface area (Å²) in [7, 11) is -3.61. The lowest BCUT2D eigenvalue weighted by atomic mass is 10.1. The Morgan fingerprint density at radius 3 is 2.29 bits per heavy atom. The number of allylic oxidation sites excluding steroid dienone is 1. The van der Waals surface area contributed by atoms with Crippen molar-refractivity contribution in [1.29, 1.82) is 0 Å². The molecule has 188 valence electrons. The van der Waals surface area contributed by atoms with E-state index in [1.165, 1.54) is 23.5 Å².